The van der Waals surface area contributed by atoms with Gasteiger partial charge in [-0.3, -0.25) is 9.79 Å². The van der Waals surface area contributed by atoms with Crippen LogP contribution in [0.4, 0.5) is 0 Å². The Labute approximate surface area is 136 Å². The first-order valence-electron chi connectivity index (χ1n) is 7.62. The standard InChI is InChI=1S/C15H25N5OS/c1-16-14(18-10-12-17-8-9-22-12)19-11-15(6-4-5-7-15)13(21)20(2)3/h8-9H,4-7,10-11H2,1-3H3,(H2,16,18,19). The van der Waals surface area contributed by atoms with Crippen LogP contribution in [0.25, 0.3) is 0 Å². The summed E-state index contributed by atoms with van der Waals surface area (Å²) in [5.74, 6) is 0.931. The van der Waals surface area contributed by atoms with Gasteiger partial charge in [0.05, 0.1) is 12.0 Å². The summed E-state index contributed by atoms with van der Waals surface area (Å²) >= 11 is 1.61. The van der Waals surface area contributed by atoms with Gasteiger partial charge in [-0.1, -0.05) is 12.8 Å². The molecule has 1 aromatic heterocycles. The Kier molecular flexibility index (Phi) is 5.76. The first kappa shape index (κ1) is 16.7. The van der Waals surface area contributed by atoms with E-state index in [0.717, 1.165) is 30.7 Å². The van der Waals surface area contributed by atoms with E-state index >= 15 is 0 Å². The maximum Gasteiger partial charge on any atom is 0.230 e. The highest BCUT2D eigenvalue weighted by molar-refractivity contribution is 7.09. The fourth-order valence-corrected chi connectivity index (χ4v) is 3.52. The Bertz CT molecular complexity index is 506. The van der Waals surface area contributed by atoms with Crippen LogP contribution in [0, 0.1) is 5.41 Å². The first-order valence-corrected chi connectivity index (χ1v) is 8.50. The molecule has 6 nitrogen and oxygen atoms in total. The third-order valence-corrected chi connectivity index (χ3v) is 4.91. The second kappa shape index (κ2) is 7.58. The molecule has 0 spiro atoms. The highest BCUT2D eigenvalue weighted by Gasteiger charge is 2.42. The molecule has 1 fully saturated rings. The Morgan fingerprint density at radius 1 is 1.41 bits per heavy atom. The lowest BCUT2D eigenvalue weighted by Gasteiger charge is -2.31. The lowest BCUT2D eigenvalue weighted by atomic mass is 9.84. The van der Waals surface area contributed by atoms with Crippen LogP contribution in [0.5, 0.6) is 0 Å². The minimum Gasteiger partial charge on any atom is -0.355 e. The second-order valence-electron chi connectivity index (χ2n) is 5.89. The van der Waals surface area contributed by atoms with Crippen molar-refractivity contribution in [3.8, 4) is 0 Å². The van der Waals surface area contributed by atoms with E-state index in [1.807, 2.05) is 19.5 Å². The average molecular weight is 323 g/mol. The number of amides is 1. The van der Waals surface area contributed by atoms with Gasteiger partial charge in [0.1, 0.15) is 5.01 Å². The zero-order valence-corrected chi connectivity index (χ0v) is 14.4. The van der Waals surface area contributed by atoms with Crippen LogP contribution in [-0.4, -0.2) is 49.4 Å². The molecule has 2 rings (SSSR count). The van der Waals surface area contributed by atoms with Crippen molar-refractivity contribution in [2.75, 3.05) is 27.7 Å². The third kappa shape index (κ3) is 3.97. The third-order valence-electron chi connectivity index (χ3n) is 4.13. The monoisotopic (exact) mass is 323 g/mol. The molecular formula is C15H25N5OS. The van der Waals surface area contributed by atoms with Gasteiger partial charge < -0.3 is 15.5 Å². The van der Waals surface area contributed by atoms with E-state index in [0.29, 0.717) is 19.0 Å². The van der Waals surface area contributed by atoms with E-state index in [1.165, 1.54) is 0 Å². The summed E-state index contributed by atoms with van der Waals surface area (Å²) in [6.45, 7) is 1.27. The predicted octanol–water partition coefficient (Wildman–Crippen LogP) is 1.46. The summed E-state index contributed by atoms with van der Waals surface area (Å²) in [6, 6.07) is 0. The van der Waals surface area contributed by atoms with Gasteiger partial charge in [-0.15, -0.1) is 11.3 Å². The molecule has 22 heavy (non-hydrogen) atoms. The number of aliphatic imine (C=N–C) groups is 1. The number of hydrogen-bond donors (Lipinski definition) is 2. The smallest absolute Gasteiger partial charge is 0.230 e. The number of nitrogens with one attached hydrogen (secondary N) is 2. The van der Waals surface area contributed by atoms with Gasteiger partial charge >= 0.3 is 0 Å². The van der Waals surface area contributed by atoms with Gasteiger partial charge in [0.2, 0.25) is 5.91 Å². The van der Waals surface area contributed by atoms with Crippen molar-refractivity contribution < 1.29 is 4.79 Å². The van der Waals surface area contributed by atoms with Crippen molar-refractivity contribution in [3.05, 3.63) is 16.6 Å². The molecule has 1 heterocycles. The topological polar surface area (TPSA) is 69.6 Å². The van der Waals surface area contributed by atoms with E-state index in [-0.39, 0.29) is 11.3 Å². The molecule has 1 saturated carbocycles. The fraction of sp³-hybridized carbons (Fsp3) is 0.667. The number of rotatable bonds is 5. The second-order valence-corrected chi connectivity index (χ2v) is 6.87. The molecule has 0 aromatic carbocycles. The minimum absolute atomic E-state index is 0.216. The lowest BCUT2D eigenvalue weighted by Crippen LogP contribution is -2.49. The van der Waals surface area contributed by atoms with Crippen molar-refractivity contribution in [2.45, 2.75) is 32.2 Å². The molecule has 0 unspecified atom stereocenters. The van der Waals surface area contributed by atoms with Crippen molar-refractivity contribution in [2.24, 2.45) is 10.4 Å². The van der Waals surface area contributed by atoms with Gasteiger partial charge in [0, 0.05) is 39.3 Å². The highest BCUT2D eigenvalue weighted by atomic mass is 32.1. The number of nitrogens with zero attached hydrogens (tertiary/aromatic N) is 3. The number of guanidine groups is 1. The van der Waals surface area contributed by atoms with Crippen molar-refractivity contribution in [1.29, 1.82) is 0 Å². The molecule has 1 aromatic rings. The Morgan fingerprint density at radius 3 is 2.68 bits per heavy atom. The van der Waals surface area contributed by atoms with E-state index < -0.39 is 0 Å². The molecule has 1 aliphatic carbocycles. The zero-order valence-electron chi connectivity index (χ0n) is 13.6. The summed E-state index contributed by atoms with van der Waals surface area (Å²) < 4.78 is 0. The normalized spacial score (nSPS) is 17.3. The largest absolute Gasteiger partial charge is 0.355 e. The van der Waals surface area contributed by atoms with Crippen LogP contribution in [0.3, 0.4) is 0 Å². The Balaban J connectivity index is 1.91. The van der Waals surface area contributed by atoms with Crippen molar-refractivity contribution in [1.82, 2.24) is 20.5 Å². The van der Waals surface area contributed by atoms with Crippen LogP contribution in [0.2, 0.25) is 0 Å². The van der Waals surface area contributed by atoms with Crippen molar-refractivity contribution in [3.63, 3.8) is 0 Å². The maximum atomic E-state index is 12.5. The van der Waals surface area contributed by atoms with Gasteiger partial charge in [-0.2, -0.15) is 0 Å². The number of carbonyl (C=O) groups excluding carboxylic acids is 1. The molecule has 2 N–H and O–H groups in total. The molecule has 0 bridgehead atoms. The Hall–Kier alpha value is -1.63. The molecule has 122 valence electrons. The summed E-state index contributed by atoms with van der Waals surface area (Å²) in [4.78, 5) is 22.7. The van der Waals surface area contributed by atoms with Crippen LogP contribution in [0.1, 0.15) is 30.7 Å². The number of carbonyl (C=O) groups is 1. The lowest BCUT2D eigenvalue weighted by molar-refractivity contribution is -0.138. The molecule has 1 aliphatic rings. The van der Waals surface area contributed by atoms with Crippen LogP contribution in [0.15, 0.2) is 16.6 Å². The molecule has 0 saturated heterocycles. The highest BCUT2D eigenvalue weighted by Crippen LogP contribution is 2.38. The maximum absolute atomic E-state index is 12.5. The minimum atomic E-state index is -0.289. The molecule has 0 aliphatic heterocycles. The molecular weight excluding hydrogens is 298 g/mol. The van der Waals surface area contributed by atoms with E-state index in [9.17, 15) is 4.79 Å². The van der Waals surface area contributed by atoms with E-state index in [4.69, 9.17) is 0 Å². The first-order chi connectivity index (χ1) is 10.6. The van der Waals surface area contributed by atoms with Gasteiger partial charge in [-0.05, 0) is 12.8 Å². The summed E-state index contributed by atoms with van der Waals surface area (Å²) in [7, 11) is 5.40. The van der Waals surface area contributed by atoms with Crippen LogP contribution in [-0.2, 0) is 11.3 Å². The fourth-order valence-electron chi connectivity index (χ4n) is 2.97. The SMILES string of the molecule is CN=C(NCc1nccs1)NCC1(C(=O)N(C)C)CCCC1. The average Bonchev–Trinajstić information content (AvgIpc) is 3.18. The quantitative estimate of drug-likeness (QED) is 0.636. The number of aromatic nitrogens is 1. The summed E-state index contributed by atoms with van der Waals surface area (Å²) in [5, 5.41) is 9.53. The van der Waals surface area contributed by atoms with Crippen LogP contribution < -0.4 is 10.6 Å². The van der Waals surface area contributed by atoms with E-state index in [1.54, 1.807) is 29.5 Å². The predicted molar refractivity (Wildman–Crippen MR) is 89.9 cm³/mol. The number of thiazole rings is 1. The van der Waals surface area contributed by atoms with Crippen LogP contribution >= 0.6 is 11.3 Å². The van der Waals surface area contributed by atoms with Gasteiger partial charge in [0.25, 0.3) is 0 Å². The molecule has 1 amide bonds. The molecule has 7 heteroatoms. The van der Waals surface area contributed by atoms with Crippen molar-refractivity contribution >= 4 is 23.2 Å². The molecule has 0 atom stereocenters. The zero-order chi connectivity index (χ0) is 16.0. The van der Waals surface area contributed by atoms with E-state index in [2.05, 4.69) is 20.6 Å². The summed E-state index contributed by atoms with van der Waals surface area (Å²) in [5.41, 5.74) is -0.289. The van der Waals surface area contributed by atoms with Gasteiger partial charge in [0.15, 0.2) is 5.96 Å². The Morgan fingerprint density at radius 2 is 2.14 bits per heavy atom. The molecule has 0 radical (unpaired) electrons. The summed E-state index contributed by atoms with van der Waals surface area (Å²) in [6.07, 6.45) is 5.92. The number of hydrogen-bond acceptors (Lipinski definition) is 4. The van der Waals surface area contributed by atoms with Gasteiger partial charge in [-0.25, -0.2) is 4.98 Å².